The standard InChI is InChI=1S/C27H30N4O3/c1-18(2)9-10-26(32)30-23-14-21-22(15-25(23)34-20-11-13-33-16-20)28-17-29-27(21)31-12-5-7-19-6-3-4-8-24(19)31/h3-4,6,8-10,14-15,17-18,20H,5,7,11-13,16H2,1-2H3,(H,30,32)/b10-9+/t20-/m1/s1. The van der Waals surface area contributed by atoms with Crippen LogP contribution < -0.4 is 15.0 Å². The van der Waals surface area contributed by atoms with Crippen LogP contribution >= 0.6 is 0 Å². The minimum Gasteiger partial charge on any atom is -0.486 e. The van der Waals surface area contributed by atoms with Gasteiger partial charge in [0.25, 0.3) is 0 Å². The van der Waals surface area contributed by atoms with Crippen LogP contribution in [-0.2, 0) is 16.0 Å². The number of carbonyl (C=O) groups excluding carboxylic acids is 1. The zero-order chi connectivity index (χ0) is 23.5. The van der Waals surface area contributed by atoms with Crippen LogP contribution in [0.4, 0.5) is 17.2 Å². The lowest BCUT2D eigenvalue weighted by Gasteiger charge is -2.31. The van der Waals surface area contributed by atoms with Crippen molar-refractivity contribution in [3.8, 4) is 5.75 Å². The minimum atomic E-state index is -0.192. The van der Waals surface area contributed by atoms with E-state index in [1.807, 2.05) is 32.1 Å². The van der Waals surface area contributed by atoms with Gasteiger partial charge in [-0.2, -0.15) is 0 Å². The maximum absolute atomic E-state index is 12.7. The van der Waals surface area contributed by atoms with Gasteiger partial charge in [0.2, 0.25) is 5.91 Å². The number of para-hydroxylation sites is 1. The van der Waals surface area contributed by atoms with Gasteiger partial charge in [-0.1, -0.05) is 38.1 Å². The molecule has 2 aliphatic rings. The molecule has 5 rings (SSSR count). The highest BCUT2D eigenvalue weighted by Crippen LogP contribution is 2.39. The van der Waals surface area contributed by atoms with Gasteiger partial charge in [0.1, 0.15) is 24.0 Å². The molecule has 0 spiro atoms. The number of hydrogen-bond donors (Lipinski definition) is 1. The van der Waals surface area contributed by atoms with Gasteiger partial charge in [-0.25, -0.2) is 9.97 Å². The molecule has 3 aromatic rings. The first-order valence-electron chi connectivity index (χ1n) is 12.0. The highest BCUT2D eigenvalue weighted by molar-refractivity contribution is 6.03. The molecule has 0 saturated carbocycles. The Bertz CT molecular complexity index is 1220. The summed E-state index contributed by atoms with van der Waals surface area (Å²) in [4.78, 5) is 24.1. The van der Waals surface area contributed by atoms with E-state index in [4.69, 9.17) is 9.47 Å². The molecule has 34 heavy (non-hydrogen) atoms. The number of amides is 1. The van der Waals surface area contributed by atoms with Crippen LogP contribution in [0.25, 0.3) is 10.9 Å². The highest BCUT2D eigenvalue weighted by atomic mass is 16.5. The average Bonchev–Trinajstić information content (AvgIpc) is 3.35. The molecular weight excluding hydrogens is 428 g/mol. The Balaban J connectivity index is 1.57. The Hall–Kier alpha value is -3.45. The first-order valence-corrected chi connectivity index (χ1v) is 12.0. The van der Waals surface area contributed by atoms with Crippen LogP contribution in [0.2, 0.25) is 0 Å². The average molecular weight is 459 g/mol. The molecule has 1 saturated heterocycles. The largest absolute Gasteiger partial charge is 0.486 e. The second-order valence-corrected chi connectivity index (χ2v) is 9.14. The van der Waals surface area contributed by atoms with Crippen LogP contribution in [0.3, 0.4) is 0 Å². The zero-order valence-corrected chi connectivity index (χ0v) is 19.7. The molecule has 176 valence electrons. The lowest BCUT2D eigenvalue weighted by Crippen LogP contribution is -2.25. The third kappa shape index (κ3) is 4.75. The molecule has 2 aliphatic heterocycles. The van der Waals surface area contributed by atoms with Crippen molar-refractivity contribution in [2.45, 2.75) is 39.2 Å². The molecule has 7 nitrogen and oxygen atoms in total. The summed E-state index contributed by atoms with van der Waals surface area (Å²) in [5.41, 5.74) is 3.87. The van der Waals surface area contributed by atoms with Crippen molar-refractivity contribution < 1.29 is 14.3 Å². The van der Waals surface area contributed by atoms with Crippen molar-refractivity contribution in [1.82, 2.24) is 9.97 Å². The zero-order valence-electron chi connectivity index (χ0n) is 19.7. The van der Waals surface area contributed by atoms with E-state index in [2.05, 4.69) is 44.5 Å². The third-order valence-corrected chi connectivity index (χ3v) is 6.15. The van der Waals surface area contributed by atoms with E-state index in [-0.39, 0.29) is 17.9 Å². The van der Waals surface area contributed by atoms with E-state index in [1.54, 1.807) is 12.4 Å². The number of fused-ring (bicyclic) bond motifs is 2. The van der Waals surface area contributed by atoms with E-state index >= 15 is 0 Å². The van der Waals surface area contributed by atoms with Gasteiger partial charge in [-0.05, 0) is 42.5 Å². The van der Waals surface area contributed by atoms with Crippen molar-refractivity contribution in [1.29, 1.82) is 0 Å². The summed E-state index contributed by atoms with van der Waals surface area (Å²) >= 11 is 0. The fourth-order valence-electron chi connectivity index (χ4n) is 4.47. The Morgan fingerprint density at radius 3 is 2.97 bits per heavy atom. The Kier molecular flexibility index (Phi) is 6.45. The fourth-order valence-corrected chi connectivity index (χ4v) is 4.47. The summed E-state index contributed by atoms with van der Waals surface area (Å²) < 4.78 is 11.7. The van der Waals surface area contributed by atoms with Gasteiger partial charge in [-0.3, -0.25) is 4.79 Å². The number of nitrogens with zero attached hydrogens (tertiary/aromatic N) is 3. The van der Waals surface area contributed by atoms with Crippen LogP contribution in [-0.4, -0.2) is 41.7 Å². The molecule has 2 aromatic carbocycles. The second-order valence-electron chi connectivity index (χ2n) is 9.14. The normalized spacial score (nSPS) is 18.0. The van der Waals surface area contributed by atoms with Gasteiger partial charge in [0.15, 0.2) is 0 Å². The molecule has 1 aromatic heterocycles. The maximum Gasteiger partial charge on any atom is 0.248 e. The van der Waals surface area contributed by atoms with Crippen LogP contribution in [0.5, 0.6) is 5.75 Å². The highest BCUT2D eigenvalue weighted by Gasteiger charge is 2.24. The minimum absolute atomic E-state index is 0.0467. The van der Waals surface area contributed by atoms with Crippen molar-refractivity contribution in [2.75, 3.05) is 30.0 Å². The number of aromatic nitrogens is 2. The Labute approximate surface area is 199 Å². The van der Waals surface area contributed by atoms with Gasteiger partial charge in [0, 0.05) is 30.1 Å². The lowest BCUT2D eigenvalue weighted by atomic mass is 10.0. The molecule has 1 N–H and O–H groups in total. The Morgan fingerprint density at radius 1 is 1.26 bits per heavy atom. The van der Waals surface area contributed by atoms with Crippen LogP contribution in [0, 0.1) is 5.92 Å². The smallest absolute Gasteiger partial charge is 0.248 e. The number of carbonyl (C=O) groups is 1. The summed E-state index contributed by atoms with van der Waals surface area (Å²) in [6, 6.07) is 12.3. The molecule has 1 amide bonds. The predicted molar refractivity (Wildman–Crippen MR) is 134 cm³/mol. The molecule has 0 radical (unpaired) electrons. The molecule has 0 unspecified atom stereocenters. The number of benzene rings is 2. The van der Waals surface area contributed by atoms with Crippen molar-refractivity contribution >= 4 is 34.0 Å². The number of nitrogens with one attached hydrogen (secondary N) is 1. The molecule has 1 fully saturated rings. The van der Waals surface area contributed by atoms with Crippen LogP contribution in [0.15, 0.2) is 54.9 Å². The summed E-state index contributed by atoms with van der Waals surface area (Å²) in [5.74, 6) is 1.52. The monoisotopic (exact) mass is 458 g/mol. The molecule has 7 heteroatoms. The van der Waals surface area contributed by atoms with E-state index in [9.17, 15) is 4.79 Å². The van der Waals surface area contributed by atoms with Crippen molar-refractivity contribution in [3.05, 3.63) is 60.4 Å². The van der Waals surface area contributed by atoms with E-state index < -0.39 is 0 Å². The van der Waals surface area contributed by atoms with E-state index in [0.29, 0.717) is 24.7 Å². The first-order chi connectivity index (χ1) is 16.6. The number of anilines is 3. The summed E-state index contributed by atoms with van der Waals surface area (Å²) in [6.07, 6.45) is 7.92. The summed E-state index contributed by atoms with van der Waals surface area (Å²) in [6.45, 7) is 6.17. The SMILES string of the molecule is CC(C)/C=C/C(=O)Nc1cc2c(N3CCCc4ccccc43)ncnc2cc1O[C@@H]1CCOC1. The van der Waals surface area contributed by atoms with E-state index in [0.717, 1.165) is 42.5 Å². The van der Waals surface area contributed by atoms with Crippen molar-refractivity contribution in [3.63, 3.8) is 0 Å². The van der Waals surface area contributed by atoms with Crippen molar-refractivity contribution in [2.24, 2.45) is 5.92 Å². The second kappa shape index (κ2) is 9.81. The predicted octanol–water partition coefficient (Wildman–Crippen LogP) is 5.03. The summed E-state index contributed by atoms with van der Waals surface area (Å²) in [7, 11) is 0. The number of hydrogen-bond acceptors (Lipinski definition) is 6. The molecule has 0 aliphatic carbocycles. The van der Waals surface area contributed by atoms with Gasteiger partial charge >= 0.3 is 0 Å². The number of allylic oxidation sites excluding steroid dienone is 1. The number of rotatable bonds is 6. The number of ether oxygens (including phenoxy) is 2. The molecule has 3 heterocycles. The first kappa shape index (κ1) is 22.3. The van der Waals surface area contributed by atoms with Crippen LogP contribution in [0.1, 0.15) is 32.3 Å². The lowest BCUT2D eigenvalue weighted by molar-refractivity contribution is -0.112. The van der Waals surface area contributed by atoms with Gasteiger partial charge < -0.3 is 19.7 Å². The fraction of sp³-hybridized carbons (Fsp3) is 0.370. The topological polar surface area (TPSA) is 76.6 Å². The molecule has 1 atom stereocenters. The quantitative estimate of drug-likeness (QED) is 0.522. The van der Waals surface area contributed by atoms with Gasteiger partial charge in [-0.15, -0.1) is 0 Å². The number of aryl methyl sites for hydroxylation is 1. The molecular formula is C27H30N4O3. The summed E-state index contributed by atoms with van der Waals surface area (Å²) in [5, 5.41) is 3.89. The Morgan fingerprint density at radius 2 is 2.15 bits per heavy atom. The molecule has 0 bridgehead atoms. The maximum atomic E-state index is 12.7. The van der Waals surface area contributed by atoms with Gasteiger partial charge in [0.05, 0.1) is 24.4 Å². The van der Waals surface area contributed by atoms with E-state index in [1.165, 1.54) is 11.3 Å². The third-order valence-electron chi connectivity index (χ3n) is 6.15.